The van der Waals surface area contributed by atoms with Crippen LogP contribution >= 0.6 is 27.7 Å². The minimum Gasteiger partial charge on any atom is -0.301 e. The molecule has 18 heavy (non-hydrogen) atoms. The smallest absolute Gasteiger partial charge is 0.251 e. The van der Waals surface area contributed by atoms with E-state index in [0.717, 1.165) is 15.5 Å². The maximum Gasteiger partial charge on any atom is 0.251 e. The predicted molar refractivity (Wildman–Crippen MR) is 72.8 cm³/mol. The van der Waals surface area contributed by atoms with Crippen LogP contribution in [-0.2, 0) is 0 Å². The Morgan fingerprint density at radius 3 is 2.83 bits per heavy atom. The molecular weight excluding hydrogens is 316 g/mol. The van der Waals surface area contributed by atoms with E-state index >= 15 is 0 Å². The van der Waals surface area contributed by atoms with E-state index in [0.29, 0.717) is 5.16 Å². The SMILES string of the molecule is CC(C)c1nc(Br)cc(Sc2nccc(=O)[nH]2)n1. The Hall–Kier alpha value is -1.21. The van der Waals surface area contributed by atoms with Gasteiger partial charge in [-0.05, 0) is 27.7 Å². The number of H-pyrrole nitrogens is 1. The molecule has 7 heteroatoms. The highest BCUT2D eigenvalue weighted by atomic mass is 79.9. The first-order valence-electron chi connectivity index (χ1n) is 5.32. The molecule has 0 aliphatic heterocycles. The molecule has 0 aliphatic rings. The standard InChI is InChI=1S/C11H11BrN4OS/c1-6(2)10-14-7(12)5-9(16-10)18-11-13-4-3-8(17)15-11/h3-6H,1-2H3,(H,13,15,17). The monoisotopic (exact) mass is 326 g/mol. The van der Waals surface area contributed by atoms with Crippen molar-refractivity contribution in [2.45, 2.75) is 29.9 Å². The van der Waals surface area contributed by atoms with Crippen LogP contribution in [0.15, 0.2) is 37.9 Å². The minimum atomic E-state index is -0.176. The molecule has 0 amide bonds. The van der Waals surface area contributed by atoms with E-state index in [1.54, 1.807) is 6.07 Å². The van der Waals surface area contributed by atoms with Crippen molar-refractivity contribution in [1.29, 1.82) is 0 Å². The molecule has 2 aromatic rings. The van der Waals surface area contributed by atoms with Crippen LogP contribution < -0.4 is 5.56 Å². The lowest BCUT2D eigenvalue weighted by Gasteiger charge is -2.06. The van der Waals surface area contributed by atoms with Crippen LogP contribution in [-0.4, -0.2) is 19.9 Å². The molecular formula is C11H11BrN4OS. The quantitative estimate of drug-likeness (QED) is 0.693. The van der Waals surface area contributed by atoms with Crippen LogP contribution in [0.1, 0.15) is 25.6 Å². The summed E-state index contributed by atoms with van der Waals surface area (Å²) < 4.78 is 0.724. The molecule has 0 aliphatic carbocycles. The summed E-state index contributed by atoms with van der Waals surface area (Å²) in [5.74, 6) is 0.995. The first-order valence-corrected chi connectivity index (χ1v) is 6.93. The molecule has 2 heterocycles. The molecule has 0 atom stereocenters. The fraction of sp³-hybridized carbons (Fsp3) is 0.273. The molecule has 2 aromatic heterocycles. The van der Waals surface area contributed by atoms with E-state index in [2.05, 4.69) is 35.9 Å². The maximum absolute atomic E-state index is 11.2. The molecule has 0 spiro atoms. The van der Waals surface area contributed by atoms with E-state index in [1.165, 1.54) is 24.0 Å². The van der Waals surface area contributed by atoms with E-state index in [1.807, 2.05) is 13.8 Å². The minimum absolute atomic E-state index is 0.176. The Kier molecular flexibility index (Phi) is 4.13. The van der Waals surface area contributed by atoms with Gasteiger partial charge >= 0.3 is 0 Å². The van der Waals surface area contributed by atoms with Gasteiger partial charge < -0.3 is 4.98 Å². The number of halogens is 1. The van der Waals surface area contributed by atoms with Gasteiger partial charge in [0.15, 0.2) is 5.16 Å². The summed E-state index contributed by atoms with van der Waals surface area (Å²) in [5, 5.41) is 1.26. The zero-order valence-electron chi connectivity index (χ0n) is 9.85. The zero-order valence-corrected chi connectivity index (χ0v) is 12.2. The van der Waals surface area contributed by atoms with Crippen molar-refractivity contribution in [1.82, 2.24) is 19.9 Å². The van der Waals surface area contributed by atoms with Crippen molar-refractivity contribution in [2.75, 3.05) is 0 Å². The van der Waals surface area contributed by atoms with Crippen molar-refractivity contribution in [3.05, 3.63) is 39.1 Å². The first kappa shape index (κ1) is 13.2. The maximum atomic E-state index is 11.2. The first-order chi connectivity index (χ1) is 8.54. The summed E-state index contributed by atoms with van der Waals surface area (Å²) in [5.41, 5.74) is -0.176. The molecule has 1 N–H and O–H groups in total. The van der Waals surface area contributed by atoms with Gasteiger partial charge in [0.25, 0.3) is 5.56 Å². The third-order valence-corrected chi connectivity index (χ3v) is 3.28. The number of aromatic amines is 1. The van der Waals surface area contributed by atoms with Gasteiger partial charge in [-0.2, -0.15) is 0 Å². The second-order valence-electron chi connectivity index (χ2n) is 3.88. The van der Waals surface area contributed by atoms with Crippen molar-refractivity contribution in [3.63, 3.8) is 0 Å². The van der Waals surface area contributed by atoms with Crippen molar-refractivity contribution in [3.8, 4) is 0 Å². The Bertz CT molecular complexity index is 614. The summed E-state index contributed by atoms with van der Waals surface area (Å²) >= 11 is 4.65. The molecule has 5 nitrogen and oxygen atoms in total. The molecule has 0 aromatic carbocycles. The molecule has 0 fully saturated rings. The number of hydrogen-bond donors (Lipinski definition) is 1. The summed E-state index contributed by atoms with van der Waals surface area (Å²) in [6, 6.07) is 3.17. The number of nitrogens with zero attached hydrogens (tertiary/aromatic N) is 3. The Morgan fingerprint density at radius 2 is 2.17 bits per heavy atom. The number of aromatic nitrogens is 4. The van der Waals surface area contributed by atoms with Gasteiger partial charge in [-0.15, -0.1) is 0 Å². The Labute approximate surface area is 117 Å². The van der Waals surface area contributed by atoms with E-state index < -0.39 is 0 Å². The van der Waals surface area contributed by atoms with Gasteiger partial charge in [-0.25, -0.2) is 15.0 Å². The molecule has 2 rings (SSSR count). The highest BCUT2D eigenvalue weighted by molar-refractivity contribution is 9.10. The largest absolute Gasteiger partial charge is 0.301 e. The molecule has 94 valence electrons. The van der Waals surface area contributed by atoms with Crippen LogP contribution in [0.5, 0.6) is 0 Å². The van der Waals surface area contributed by atoms with Crippen molar-refractivity contribution < 1.29 is 0 Å². The lowest BCUT2D eigenvalue weighted by Crippen LogP contribution is -2.05. The molecule has 0 saturated heterocycles. The highest BCUT2D eigenvalue weighted by Gasteiger charge is 2.08. The van der Waals surface area contributed by atoms with E-state index in [-0.39, 0.29) is 11.5 Å². The fourth-order valence-electron chi connectivity index (χ4n) is 1.23. The second kappa shape index (κ2) is 5.62. The van der Waals surface area contributed by atoms with Crippen LogP contribution in [0.3, 0.4) is 0 Å². The third-order valence-electron chi connectivity index (χ3n) is 2.05. The topological polar surface area (TPSA) is 71.5 Å². The van der Waals surface area contributed by atoms with Crippen LogP contribution in [0.4, 0.5) is 0 Å². The Balaban J connectivity index is 2.31. The summed E-state index contributed by atoms with van der Waals surface area (Å²) in [7, 11) is 0. The number of hydrogen-bond acceptors (Lipinski definition) is 5. The fourth-order valence-corrected chi connectivity index (χ4v) is 2.55. The third kappa shape index (κ3) is 3.39. The van der Waals surface area contributed by atoms with Gasteiger partial charge in [-0.3, -0.25) is 4.79 Å². The van der Waals surface area contributed by atoms with Gasteiger partial charge in [-0.1, -0.05) is 13.8 Å². The summed E-state index contributed by atoms with van der Waals surface area (Å²) in [4.78, 5) is 26.6. The number of nitrogens with one attached hydrogen (secondary N) is 1. The van der Waals surface area contributed by atoms with Crippen LogP contribution in [0.2, 0.25) is 0 Å². The van der Waals surface area contributed by atoms with Gasteiger partial charge in [0.05, 0.1) is 0 Å². The highest BCUT2D eigenvalue weighted by Crippen LogP contribution is 2.25. The second-order valence-corrected chi connectivity index (χ2v) is 5.70. The Morgan fingerprint density at radius 1 is 1.39 bits per heavy atom. The molecule has 0 unspecified atom stereocenters. The predicted octanol–water partition coefficient (Wildman–Crippen LogP) is 2.60. The summed E-state index contributed by atoms with van der Waals surface area (Å²) in [6.45, 7) is 4.05. The van der Waals surface area contributed by atoms with Crippen molar-refractivity contribution in [2.24, 2.45) is 0 Å². The van der Waals surface area contributed by atoms with E-state index in [9.17, 15) is 4.79 Å². The average molecular weight is 327 g/mol. The number of rotatable bonds is 3. The lowest BCUT2D eigenvalue weighted by atomic mass is 10.2. The zero-order chi connectivity index (χ0) is 13.1. The van der Waals surface area contributed by atoms with Crippen molar-refractivity contribution >= 4 is 27.7 Å². The van der Waals surface area contributed by atoms with Gasteiger partial charge in [0, 0.05) is 24.2 Å². The molecule has 0 bridgehead atoms. The van der Waals surface area contributed by atoms with Gasteiger partial charge in [0.2, 0.25) is 0 Å². The molecule has 0 radical (unpaired) electrons. The van der Waals surface area contributed by atoms with E-state index in [4.69, 9.17) is 0 Å². The van der Waals surface area contributed by atoms with Crippen LogP contribution in [0, 0.1) is 0 Å². The van der Waals surface area contributed by atoms with Crippen LogP contribution in [0.25, 0.3) is 0 Å². The molecule has 0 saturated carbocycles. The lowest BCUT2D eigenvalue weighted by molar-refractivity contribution is 0.747. The average Bonchev–Trinajstić information content (AvgIpc) is 2.28. The normalized spacial score (nSPS) is 10.9. The summed E-state index contributed by atoms with van der Waals surface area (Å²) in [6.07, 6.45) is 1.47. The van der Waals surface area contributed by atoms with Gasteiger partial charge in [0.1, 0.15) is 15.5 Å².